The Morgan fingerprint density at radius 1 is 1.00 bits per heavy atom. The number of aliphatic hydroxyl groups is 1. The molecule has 1 heterocycles. The van der Waals surface area contributed by atoms with Gasteiger partial charge in [-0.25, -0.2) is 0 Å². The summed E-state index contributed by atoms with van der Waals surface area (Å²) >= 11 is 4.44. The average Bonchev–Trinajstić information content (AvgIpc) is 3.37. The van der Waals surface area contributed by atoms with E-state index in [-0.39, 0.29) is 11.5 Å². The summed E-state index contributed by atoms with van der Waals surface area (Å²) < 4.78 is 0.406. The van der Waals surface area contributed by atoms with E-state index in [1.807, 2.05) is 5.57 Å². The second kappa shape index (κ2) is 7.84. The lowest BCUT2D eigenvalue weighted by atomic mass is 9.48. The lowest BCUT2D eigenvalue weighted by Crippen LogP contribution is -2.51. The van der Waals surface area contributed by atoms with E-state index in [1.54, 1.807) is 5.56 Å². The summed E-state index contributed by atoms with van der Waals surface area (Å²) in [6.45, 7) is 4.69. The maximum Gasteiger partial charge on any atom is 0.0794 e. The first-order chi connectivity index (χ1) is 15.0. The number of aryl methyl sites for hydroxylation is 1. The Hall–Kier alpha value is -0.380. The van der Waals surface area contributed by atoms with E-state index < -0.39 is 0 Å². The Morgan fingerprint density at radius 3 is 2.52 bits per heavy atom. The number of thioether (sulfide) groups is 2. The highest BCUT2D eigenvalue weighted by Gasteiger charge is 2.59. The zero-order valence-electron chi connectivity index (χ0n) is 19.2. The highest BCUT2D eigenvalue weighted by atomic mass is 32.2. The first-order valence-corrected chi connectivity index (χ1v) is 14.8. The van der Waals surface area contributed by atoms with Crippen molar-refractivity contribution >= 4 is 23.5 Å². The molecule has 6 rings (SSSR count). The molecule has 1 saturated heterocycles. The normalized spacial score (nSPS) is 43.3. The fourth-order valence-electron chi connectivity index (χ4n) is 8.46. The lowest BCUT2D eigenvalue weighted by Gasteiger charge is -2.57. The van der Waals surface area contributed by atoms with Gasteiger partial charge in [0.2, 0.25) is 0 Å². The highest BCUT2D eigenvalue weighted by Crippen LogP contribution is 2.67. The molecule has 4 fully saturated rings. The van der Waals surface area contributed by atoms with Crippen LogP contribution in [0.15, 0.2) is 35.9 Å². The Balaban J connectivity index is 1.40. The van der Waals surface area contributed by atoms with E-state index in [9.17, 15) is 5.11 Å². The average molecular weight is 455 g/mol. The minimum atomic E-state index is -0.103. The van der Waals surface area contributed by atoms with Gasteiger partial charge in [-0.2, -0.15) is 0 Å². The quantitative estimate of drug-likeness (QED) is 0.483. The monoisotopic (exact) mass is 454 g/mol. The second-order valence-corrected chi connectivity index (χ2v) is 14.4. The van der Waals surface area contributed by atoms with Crippen molar-refractivity contribution in [3.8, 4) is 0 Å². The standard InChI is InChI=1S/C28H38OS2/c1-3-18-4-6-19(7-5-18)23-17-27(2)24(10-11-25(27)29)22-9-8-20-16-28(30-14-15-31-28)13-12-21(20)26(22)23/h4-7,16,21-26,29H,3,8-15,17H2,1-2H3/t21-,22-,23+,24-,25-,26+,27-/m0/s1. The zero-order valence-corrected chi connectivity index (χ0v) is 20.8. The molecule has 1 aromatic carbocycles. The zero-order chi connectivity index (χ0) is 21.2. The largest absolute Gasteiger partial charge is 0.393 e. The molecule has 0 aromatic heterocycles. The molecule has 0 bridgehead atoms. The summed E-state index contributed by atoms with van der Waals surface area (Å²) in [5.41, 5.74) is 4.92. The summed E-state index contributed by atoms with van der Waals surface area (Å²) in [5.74, 6) is 6.36. The summed E-state index contributed by atoms with van der Waals surface area (Å²) in [5, 5.41) is 11.1. The molecule has 168 valence electrons. The Labute approximate surface area is 197 Å². The van der Waals surface area contributed by atoms with Crippen molar-refractivity contribution in [1.82, 2.24) is 0 Å². The van der Waals surface area contributed by atoms with Gasteiger partial charge in [-0.15, -0.1) is 23.5 Å². The molecule has 0 amide bonds. The summed E-state index contributed by atoms with van der Waals surface area (Å²) in [4.78, 5) is 0. The number of fused-ring (bicyclic) bond motifs is 5. The van der Waals surface area contributed by atoms with Crippen LogP contribution in [-0.2, 0) is 6.42 Å². The lowest BCUT2D eigenvalue weighted by molar-refractivity contribution is -0.0659. The van der Waals surface area contributed by atoms with Crippen LogP contribution in [0.4, 0.5) is 0 Å². The molecule has 5 aliphatic rings. The maximum atomic E-state index is 11.1. The van der Waals surface area contributed by atoms with E-state index in [2.05, 4.69) is 67.7 Å². The third-order valence-electron chi connectivity index (χ3n) is 10.0. The fraction of sp³-hybridized carbons (Fsp3) is 0.714. The van der Waals surface area contributed by atoms with E-state index in [1.165, 1.54) is 55.6 Å². The number of benzene rings is 1. The molecule has 3 heteroatoms. The van der Waals surface area contributed by atoms with Crippen molar-refractivity contribution in [1.29, 1.82) is 0 Å². The fourth-order valence-corrected chi connectivity index (χ4v) is 11.6. The minimum absolute atomic E-state index is 0.103. The first kappa shape index (κ1) is 21.2. The van der Waals surface area contributed by atoms with Crippen LogP contribution >= 0.6 is 23.5 Å². The van der Waals surface area contributed by atoms with Crippen LogP contribution in [0.2, 0.25) is 0 Å². The molecule has 4 aliphatic carbocycles. The Morgan fingerprint density at radius 2 is 1.77 bits per heavy atom. The van der Waals surface area contributed by atoms with E-state index in [0.29, 0.717) is 10.00 Å². The third kappa shape index (κ3) is 3.31. The van der Waals surface area contributed by atoms with Gasteiger partial charge < -0.3 is 5.11 Å². The van der Waals surface area contributed by atoms with Crippen LogP contribution in [-0.4, -0.2) is 26.8 Å². The summed E-state index contributed by atoms with van der Waals surface area (Å²) in [6, 6.07) is 9.61. The van der Waals surface area contributed by atoms with Gasteiger partial charge in [0.15, 0.2) is 0 Å². The molecule has 1 nitrogen and oxygen atoms in total. The predicted molar refractivity (Wildman–Crippen MR) is 135 cm³/mol. The van der Waals surface area contributed by atoms with Crippen LogP contribution < -0.4 is 0 Å². The third-order valence-corrected chi connectivity index (χ3v) is 13.4. The second-order valence-electron chi connectivity index (χ2n) is 11.3. The number of rotatable bonds is 2. The van der Waals surface area contributed by atoms with E-state index >= 15 is 0 Å². The molecule has 1 aliphatic heterocycles. The van der Waals surface area contributed by atoms with E-state index in [4.69, 9.17) is 0 Å². The Bertz CT molecular complexity index is 854. The van der Waals surface area contributed by atoms with Gasteiger partial charge in [-0.1, -0.05) is 49.8 Å². The topological polar surface area (TPSA) is 20.2 Å². The molecule has 0 radical (unpaired) electrons. The van der Waals surface area contributed by atoms with Gasteiger partial charge in [0.1, 0.15) is 0 Å². The van der Waals surface area contributed by atoms with Crippen LogP contribution in [0.3, 0.4) is 0 Å². The van der Waals surface area contributed by atoms with Crippen molar-refractivity contribution in [3.05, 3.63) is 47.0 Å². The van der Waals surface area contributed by atoms with Crippen LogP contribution in [0.25, 0.3) is 0 Å². The molecular weight excluding hydrogens is 416 g/mol. The molecule has 0 unspecified atom stereocenters. The molecule has 7 atom stereocenters. The van der Waals surface area contributed by atoms with Crippen LogP contribution in [0.1, 0.15) is 75.8 Å². The van der Waals surface area contributed by atoms with Gasteiger partial charge >= 0.3 is 0 Å². The van der Waals surface area contributed by atoms with Crippen molar-refractivity contribution in [3.63, 3.8) is 0 Å². The smallest absolute Gasteiger partial charge is 0.0794 e. The van der Waals surface area contributed by atoms with Gasteiger partial charge in [0.25, 0.3) is 0 Å². The summed E-state index contributed by atoms with van der Waals surface area (Å²) in [7, 11) is 0. The van der Waals surface area contributed by atoms with Crippen LogP contribution in [0.5, 0.6) is 0 Å². The number of hydrogen-bond acceptors (Lipinski definition) is 3. The summed E-state index contributed by atoms with van der Waals surface area (Å²) in [6.07, 6.45) is 12.7. The van der Waals surface area contributed by atoms with Gasteiger partial charge in [-0.3, -0.25) is 0 Å². The molecule has 31 heavy (non-hydrogen) atoms. The molecule has 1 N–H and O–H groups in total. The van der Waals surface area contributed by atoms with Crippen molar-refractivity contribution < 1.29 is 5.11 Å². The minimum Gasteiger partial charge on any atom is -0.393 e. The number of hydrogen-bond donors (Lipinski definition) is 1. The van der Waals surface area contributed by atoms with Crippen molar-refractivity contribution in [2.45, 2.75) is 81.3 Å². The van der Waals surface area contributed by atoms with Crippen LogP contribution in [0, 0.1) is 29.1 Å². The van der Waals surface area contributed by atoms with Crippen molar-refractivity contribution in [2.75, 3.05) is 11.5 Å². The number of aliphatic hydroxyl groups excluding tert-OH is 1. The molecule has 1 spiro atoms. The van der Waals surface area contributed by atoms with Gasteiger partial charge in [0, 0.05) is 11.5 Å². The highest BCUT2D eigenvalue weighted by molar-refractivity contribution is 8.21. The SMILES string of the molecule is CCc1ccc([C@H]2C[C@]3(C)[C@@H](O)CC[C@H]3[C@@H]3CCC4=CC5(CC[C@@H]4[C@H]32)SCCS5)cc1. The van der Waals surface area contributed by atoms with Gasteiger partial charge in [0.05, 0.1) is 10.2 Å². The maximum absolute atomic E-state index is 11.1. The van der Waals surface area contributed by atoms with Gasteiger partial charge in [-0.05, 0) is 97.5 Å². The number of allylic oxidation sites excluding steroid dienone is 1. The molecular formula is C28H38OS2. The Kier molecular flexibility index (Phi) is 5.36. The van der Waals surface area contributed by atoms with Crippen molar-refractivity contribution in [2.24, 2.45) is 29.1 Å². The first-order valence-electron chi connectivity index (χ1n) is 12.8. The predicted octanol–water partition coefficient (Wildman–Crippen LogP) is 7.05. The molecule has 1 aromatic rings. The van der Waals surface area contributed by atoms with E-state index in [0.717, 1.165) is 36.5 Å². The molecule has 3 saturated carbocycles.